The maximum Gasteiger partial charge on any atom is 0.333 e. The number of halogens is 3. The van der Waals surface area contributed by atoms with E-state index >= 15 is 0 Å². The molecule has 3 aromatic rings. The van der Waals surface area contributed by atoms with Gasteiger partial charge in [-0.3, -0.25) is 8.98 Å². The summed E-state index contributed by atoms with van der Waals surface area (Å²) in [5.41, 5.74) is 1.83. The highest BCUT2D eigenvalue weighted by atomic mass is 35.5. The Hall–Kier alpha value is -2.55. The fraction of sp³-hybridized carbons (Fsp3) is 0.375. The fourth-order valence-corrected chi connectivity index (χ4v) is 6.51. The topological polar surface area (TPSA) is 134 Å². The molecule has 14 heteroatoms. The van der Waals surface area contributed by atoms with Crippen LogP contribution in [-0.4, -0.2) is 43.4 Å². The Balaban J connectivity index is 1.35. The standard InChI is InChI=1S/C24H23ClF2N4O5S2/c25-23-16(22-15-7-19(27)18(26)6-13(15)3-4-35-22)8-20(37-23)21(32)17-9-29-11-30-24(17)31-14-2-1-12(5-14)10-36-38(28,33)34/h6-9,11-12,14,22H,1-5,10H2,(H2,28,33,34)(H,29,30,31)/t12-,14+,22?/m1/s1. The molecular weight excluding hydrogens is 562 g/mol. The van der Waals surface area contributed by atoms with Gasteiger partial charge < -0.3 is 10.1 Å². The number of carbonyl (C=O) groups is 1. The van der Waals surface area contributed by atoms with E-state index in [1.807, 2.05) is 0 Å². The number of benzene rings is 1. The highest BCUT2D eigenvalue weighted by molar-refractivity contribution is 7.84. The number of nitrogens with two attached hydrogens (primary N) is 1. The van der Waals surface area contributed by atoms with Crippen LogP contribution in [0.4, 0.5) is 14.6 Å². The summed E-state index contributed by atoms with van der Waals surface area (Å²) in [6, 6.07) is 3.82. The van der Waals surface area contributed by atoms with Crippen LogP contribution in [0.25, 0.3) is 0 Å². The van der Waals surface area contributed by atoms with E-state index in [4.69, 9.17) is 25.7 Å². The zero-order valence-corrected chi connectivity index (χ0v) is 22.2. The average molecular weight is 585 g/mol. The molecule has 9 nitrogen and oxygen atoms in total. The molecule has 0 saturated heterocycles. The lowest BCUT2D eigenvalue weighted by Gasteiger charge is -2.26. The van der Waals surface area contributed by atoms with Gasteiger partial charge in [-0.1, -0.05) is 11.6 Å². The molecule has 1 unspecified atom stereocenters. The van der Waals surface area contributed by atoms with Crippen LogP contribution < -0.4 is 10.5 Å². The molecule has 0 bridgehead atoms. The number of thiophene rings is 1. The van der Waals surface area contributed by atoms with Crippen molar-refractivity contribution in [2.75, 3.05) is 18.5 Å². The van der Waals surface area contributed by atoms with Crippen LogP contribution in [0.15, 0.2) is 30.7 Å². The van der Waals surface area contributed by atoms with Crippen LogP contribution in [-0.2, 0) is 25.6 Å². The molecule has 202 valence electrons. The molecule has 0 radical (unpaired) electrons. The molecule has 38 heavy (non-hydrogen) atoms. The van der Waals surface area contributed by atoms with Crippen molar-refractivity contribution in [3.05, 3.63) is 73.8 Å². The SMILES string of the molecule is NS(=O)(=O)OC[C@@H]1CC[C@H](Nc2ncncc2C(=O)c2cc(C3OCCc4cc(F)c(F)cc43)c(Cl)s2)C1. The molecule has 2 aliphatic rings. The van der Waals surface area contributed by atoms with Gasteiger partial charge in [-0.05, 0) is 60.9 Å². The number of ether oxygens (including phenoxy) is 1. The van der Waals surface area contributed by atoms with Gasteiger partial charge in [0.05, 0.1) is 28.0 Å². The van der Waals surface area contributed by atoms with Crippen LogP contribution in [0.2, 0.25) is 4.34 Å². The summed E-state index contributed by atoms with van der Waals surface area (Å²) < 4.78 is 60.8. The van der Waals surface area contributed by atoms with E-state index in [1.54, 1.807) is 6.07 Å². The van der Waals surface area contributed by atoms with Gasteiger partial charge >= 0.3 is 10.3 Å². The van der Waals surface area contributed by atoms with Crippen molar-refractivity contribution < 1.29 is 30.9 Å². The van der Waals surface area contributed by atoms with Crippen molar-refractivity contribution in [1.82, 2.24) is 9.97 Å². The summed E-state index contributed by atoms with van der Waals surface area (Å²) >= 11 is 7.56. The van der Waals surface area contributed by atoms with Crippen LogP contribution >= 0.6 is 22.9 Å². The molecule has 3 N–H and O–H groups in total. The number of ketones is 1. The van der Waals surface area contributed by atoms with E-state index in [-0.39, 0.29) is 29.9 Å². The molecule has 3 atom stereocenters. The Kier molecular flexibility index (Phi) is 7.76. The molecule has 1 fully saturated rings. The van der Waals surface area contributed by atoms with E-state index in [9.17, 15) is 22.0 Å². The lowest BCUT2D eigenvalue weighted by molar-refractivity contribution is 0.0696. The van der Waals surface area contributed by atoms with Gasteiger partial charge in [-0.25, -0.2) is 23.9 Å². The maximum absolute atomic E-state index is 14.0. The van der Waals surface area contributed by atoms with Gasteiger partial charge in [0.25, 0.3) is 0 Å². The molecular formula is C24H23ClF2N4O5S2. The number of hydrogen-bond donors (Lipinski definition) is 2. The first-order valence-electron chi connectivity index (χ1n) is 11.8. The summed E-state index contributed by atoms with van der Waals surface area (Å²) in [5.74, 6) is -1.94. The monoisotopic (exact) mass is 584 g/mol. The van der Waals surface area contributed by atoms with E-state index in [1.165, 1.54) is 18.6 Å². The summed E-state index contributed by atoms with van der Waals surface area (Å²) in [4.78, 5) is 22.1. The average Bonchev–Trinajstić information content (AvgIpc) is 3.49. The molecule has 0 spiro atoms. The minimum Gasteiger partial charge on any atom is -0.368 e. The maximum atomic E-state index is 14.0. The predicted octanol–water partition coefficient (Wildman–Crippen LogP) is 4.16. The van der Waals surface area contributed by atoms with Gasteiger partial charge in [0, 0.05) is 17.8 Å². The van der Waals surface area contributed by atoms with Crippen LogP contribution in [0.5, 0.6) is 0 Å². The van der Waals surface area contributed by atoms with E-state index in [0.29, 0.717) is 51.2 Å². The number of nitrogens with zero attached hydrogens (tertiary/aromatic N) is 2. The van der Waals surface area contributed by atoms with E-state index in [0.717, 1.165) is 30.2 Å². The molecule has 2 aromatic heterocycles. The van der Waals surface area contributed by atoms with Gasteiger partial charge in [0.15, 0.2) is 11.6 Å². The third kappa shape index (κ3) is 5.87. The van der Waals surface area contributed by atoms with Gasteiger partial charge in [0.2, 0.25) is 5.78 Å². The molecule has 1 aromatic carbocycles. The number of aromatic nitrogens is 2. The minimum absolute atomic E-state index is 0.00798. The number of rotatable bonds is 8. The van der Waals surface area contributed by atoms with Gasteiger partial charge in [-0.15, -0.1) is 11.3 Å². The lowest BCUT2D eigenvalue weighted by Crippen LogP contribution is -2.22. The second kappa shape index (κ2) is 10.9. The first-order valence-corrected chi connectivity index (χ1v) is 14.4. The van der Waals surface area contributed by atoms with Crippen molar-refractivity contribution in [3.8, 4) is 0 Å². The van der Waals surface area contributed by atoms with Crippen LogP contribution in [0.1, 0.15) is 57.3 Å². The zero-order valence-electron chi connectivity index (χ0n) is 19.8. The Labute approximate surface area is 226 Å². The molecule has 1 saturated carbocycles. The zero-order chi connectivity index (χ0) is 27.0. The second-order valence-corrected chi connectivity index (χ2v) is 12.1. The fourth-order valence-electron chi connectivity index (χ4n) is 4.86. The number of nitrogens with one attached hydrogen (secondary N) is 1. The van der Waals surface area contributed by atoms with Gasteiger partial charge in [-0.2, -0.15) is 8.42 Å². The summed E-state index contributed by atoms with van der Waals surface area (Å²) in [7, 11) is -4.01. The normalized spacial score (nSPS) is 21.3. The summed E-state index contributed by atoms with van der Waals surface area (Å²) in [6.07, 6.45) is 4.48. The smallest absolute Gasteiger partial charge is 0.333 e. The van der Waals surface area contributed by atoms with Crippen LogP contribution in [0, 0.1) is 17.6 Å². The Morgan fingerprint density at radius 3 is 2.82 bits per heavy atom. The predicted molar refractivity (Wildman–Crippen MR) is 136 cm³/mol. The quantitative estimate of drug-likeness (QED) is 0.377. The first-order chi connectivity index (χ1) is 18.1. The van der Waals surface area contributed by atoms with Crippen molar-refractivity contribution in [2.24, 2.45) is 11.1 Å². The lowest BCUT2D eigenvalue weighted by atomic mass is 9.93. The molecule has 5 rings (SSSR count). The summed E-state index contributed by atoms with van der Waals surface area (Å²) in [6.45, 7) is 0.287. The number of anilines is 1. The van der Waals surface area contributed by atoms with Crippen molar-refractivity contribution >= 4 is 44.8 Å². The van der Waals surface area contributed by atoms with Crippen molar-refractivity contribution in [3.63, 3.8) is 0 Å². The molecule has 1 aliphatic heterocycles. The largest absolute Gasteiger partial charge is 0.368 e. The van der Waals surface area contributed by atoms with Crippen molar-refractivity contribution in [2.45, 2.75) is 37.8 Å². The third-order valence-electron chi connectivity index (χ3n) is 6.65. The first kappa shape index (κ1) is 27.0. The van der Waals surface area contributed by atoms with Gasteiger partial charge in [0.1, 0.15) is 18.2 Å². The van der Waals surface area contributed by atoms with E-state index in [2.05, 4.69) is 15.3 Å². The number of hydrogen-bond acceptors (Lipinski definition) is 9. The Morgan fingerprint density at radius 2 is 2.03 bits per heavy atom. The third-order valence-corrected chi connectivity index (χ3v) is 8.50. The Morgan fingerprint density at radius 1 is 1.24 bits per heavy atom. The molecule has 3 heterocycles. The Bertz CT molecular complexity index is 1490. The molecule has 1 aliphatic carbocycles. The minimum atomic E-state index is -4.01. The molecule has 0 amide bonds. The number of fused-ring (bicyclic) bond motifs is 1. The number of carbonyl (C=O) groups excluding carboxylic acids is 1. The van der Waals surface area contributed by atoms with E-state index < -0.39 is 28.0 Å². The van der Waals surface area contributed by atoms with Crippen LogP contribution in [0.3, 0.4) is 0 Å². The highest BCUT2D eigenvalue weighted by Crippen LogP contribution is 2.41. The highest BCUT2D eigenvalue weighted by Gasteiger charge is 2.31. The van der Waals surface area contributed by atoms with Crippen molar-refractivity contribution in [1.29, 1.82) is 0 Å². The second-order valence-electron chi connectivity index (χ2n) is 9.22. The summed E-state index contributed by atoms with van der Waals surface area (Å²) in [5, 5.41) is 8.17.